The summed E-state index contributed by atoms with van der Waals surface area (Å²) in [5.74, 6) is 1.13. The highest BCUT2D eigenvalue weighted by Crippen LogP contribution is 2.22. The number of β-amino-alcohol motifs (C(OH)–C–C–N with tert-alkyl or cyclic N) is 1. The molecule has 21 heavy (non-hydrogen) atoms. The molecule has 0 aliphatic carbocycles. The molecule has 2 atom stereocenters. The lowest BCUT2D eigenvalue weighted by atomic mass is 10.0. The lowest BCUT2D eigenvalue weighted by molar-refractivity contribution is 0.137. The quantitative estimate of drug-likeness (QED) is 0.879. The molecule has 1 aliphatic rings. The van der Waals surface area contributed by atoms with E-state index in [0.29, 0.717) is 0 Å². The van der Waals surface area contributed by atoms with E-state index in [9.17, 15) is 5.11 Å². The van der Waals surface area contributed by atoms with E-state index in [2.05, 4.69) is 39.2 Å². The standard InChI is InChI=1S/C16H23N3O2/c1-13-9-15(21-17-13)10-14-11-19(12-16(14)20)8-4-7-18-5-2-3-6-18/h2-3,5-6,9,14,16,20H,4,7-8,10-12H2,1H3/t14-,16+/m1/s1. The predicted octanol–water partition coefficient (Wildman–Crippen LogP) is 1.71. The molecular weight excluding hydrogens is 266 g/mol. The lowest BCUT2D eigenvalue weighted by Crippen LogP contribution is -2.24. The molecule has 5 nitrogen and oxygen atoms in total. The third-order valence-electron chi connectivity index (χ3n) is 4.18. The first-order chi connectivity index (χ1) is 10.2. The Balaban J connectivity index is 1.44. The second-order valence-corrected chi connectivity index (χ2v) is 6.00. The second kappa shape index (κ2) is 6.45. The minimum absolute atomic E-state index is 0.254. The van der Waals surface area contributed by atoms with E-state index in [1.807, 2.05) is 13.0 Å². The van der Waals surface area contributed by atoms with Gasteiger partial charge in [-0.05, 0) is 32.0 Å². The molecule has 1 fully saturated rings. The number of likely N-dealkylation sites (tertiary alicyclic amines) is 1. The fourth-order valence-electron chi connectivity index (χ4n) is 3.09. The maximum Gasteiger partial charge on any atom is 0.137 e. The van der Waals surface area contributed by atoms with Crippen LogP contribution in [0.3, 0.4) is 0 Å². The van der Waals surface area contributed by atoms with Crippen molar-refractivity contribution in [1.29, 1.82) is 0 Å². The van der Waals surface area contributed by atoms with Crippen LogP contribution in [0.4, 0.5) is 0 Å². The molecule has 2 aromatic heterocycles. The van der Waals surface area contributed by atoms with Crippen molar-refractivity contribution < 1.29 is 9.63 Å². The second-order valence-electron chi connectivity index (χ2n) is 6.00. The Morgan fingerprint density at radius 3 is 2.81 bits per heavy atom. The summed E-state index contributed by atoms with van der Waals surface area (Å²) >= 11 is 0. The summed E-state index contributed by atoms with van der Waals surface area (Å²) in [7, 11) is 0. The third-order valence-corrected chi connectivity index (χ3v) is 4.18. The van der Waals surface area contributed by atoms with E-state index in [0.717, 1.165) is 50.5 Å². The molecule has 0 radical (unpaired) electrons. The summed E-state index contributed by atoms with van der Waals surface area (Å²) in [5.41, 5.74) is 0.904. The van der Waals surface area contributed by atoms with Crippen LogP contribution in [-0.4, -0.2) is 45.5 Å². The van der Waals surface area contributed by atoms with Crippen LogP contribution < -0.4 is 0 Å². The first-order valence-corrected chi connectivity index (χ1v) is 7.64. The summed E-state index contributed by atoms with van der Waals surface area (Å²) in [6, 6.07) is 6.06. The van der Waals surface area contributed by atoms with Crippen LogP contribution in [0.1, 0.15) is 17.9 Å². The first kappa shape index (κ1) is 14.4. The molecular formula is C16H23N3O2. The fourth-order valence-corrected chi connectivity index (χ4v) is 3.09. The molecule has 0 bridgehead atoms. The lowest BCUT2D eigenvalue weighted by Gasteiger charge is -2.15. The zero-order valence-corrected chi connectivity index (χ0v) is 12.5. The Hall–Kier alpha value is -1.59. The number of rotatable bonds is 6. The predicted molar refractivity (Wildman–Crippen MR) is 79.9 cm³/mol. The molecule has 3 heterocycles. The van der Waals surface area contributed by atoms with Gasteiger partial charge in [-0.1, -0.05) is 5.16 Å². The summed E-state index contributed by atoms with van der Waals surface area (Å²) in [5, 5.41) is 14.1. The normalized spacial score (nSPS) is 23.0. The minimum Gasteiger partial charge on any atom is -0.391 e. The number of hydrogen-bond donors (Lipinski definition) is 1. The highest BCUT2D eigenvalue weighted by Gasteiger charge is 2.31. The van der Waals surface area contributed by atoms with Gasteiger partial charge in [-0.3, -0.25) is 0 Å². The number of hydrogen-bond acceptors (Lipinski definition) is 4. The Bertz CT molecular complexity index is 550. The Labute approximate surface area is 125 Å². The van der Waals surface area contributed by atoms with Crippen LogP contribution in [0.25, 0.3) is 0 Å². The molecule has 114 valence electrons. The third kappa shape index (κ3) is 3.74. The minimum atomic E-state index is -0.262. The van der Waals surface area contributed by atoms with Crippen LogP contribution >= 0.6 is 0 Å². The van der Waals surface area contributed by atoms with E-state index in [4.69, 9.17) is 4.52 Å². The van der Waals surface area contributed by atoms with E-state index in [1.54, 1.807) is 0 Å². The molecule has 0 aromatic carbocycles. The van der Waals surface area contributed by atoms with Gasteiger partial charge in [0, 0.05) is 50.4 Å². The van der Waals surface area contributed by atoms with Crippen molar-refractivity contribution in [3.63, 3.8) is 0 Å². The molecule has 5 heteroatoms. The van der Waals surface area contributed by atoms with E-state index in [-0.39, 0.29) is 12.0 Å². The highest BCUT2D eigenvalue weighted by atomic mass is 16.5. The number of aliphatic hydroxyl groups is 1. The average Bonchev–Trinajstić information content (AvgIpc) is 3.15. The monoisotopic (exact) mass is 289 g/mol. The van der Waals surface area contributed by atoms with Gasteiger partial charge in [0.05, 0.1) is 11.8 Å². The van der Waals surface area contributed by atoms with E-state index >= 15 is 0 Å². The van der Waals surface area contributed by atoms with Gasteiger partial charge in [0.15, 0.2) is 0 Å². The van der Waals surface area contributed by atoms with E-state index < -0.39 is 0 Å². The Kier molecular flexibility index (Phi) is 4.41. The van der Waals surface area contributed by atoms with Gasteiger partial charge in [0.25, 0.3) is 0 Å². The van der Waals surface area contributed by atoms with Crippen molar-refractivity contribution in [3.8, 4) is 0 Å². The van der Waals surface area contributed by atoms with Gasteiger partial charge in [-0.15, -0.1) is 0 Å². The Morgan fingerprint density at radius 2 is 2.10 bits per heavy atom. The molecule has 1 saturated heterocycles. The molecule has 1 N–H and O–H groups in total. The maximum atomic E-state index is 10.2. The number of nitrogens with zero attached hydrogens (tertiary/aromatic N) is 3. The largest absolute Gasteiger partial charge is 0.391 e. The van der Waals surface area contributed by atoms with Crippen LogP contribution in [0, 0.1) is 12.8 Å². The summed E-state index contributed by atoms with van der Waals surface area (Å²) in [4.78, 5) is 2.35. The zero-order chi connectivity index (χ0) is 14.7. The molecule has 1 aliphatic heterocycles. The first-order valence-electron chi connectivity index (χ1n) is 7.64. The van der Waals surface area contributed by atoms with E-state index in [1.165, 1.54) is 0 Å². The van der Waals surface area contributed by atoms with Gasteiger partial charge < -0.3 is 19.1 Å². The van der Waals surface area contributed by atoms with Crippen molar-refractivity contribution in [3.05, 3.63) is 42.0 Å². The smallest absolute Gasteiger partial charge is 0.137 e. The van der Waals surface area contributed by atoms with Crippen molar-refractivity contribution >= 4 is 0 Å². The summed E-state index contributed by atoms with van der Waals surface area (Å²) in [6.45, 7) is 5.69. The molecule has 3 rings (SSSR count). The average molecular weight is 289 g/mol. The van der Waals surface area contributed by atoms with Crippen molar-refractivity contribution in [1.82, 2.24) is 14.6 Å². The SMILES string of the molecule is Cc1cc(C[C@@H]2CN(CCCn3cccc3)C[C@@H]2O)on1. The van der Waals surface area contributed by atoms with Crippen LogP contribution in [0.15, 0.2) is 35.1 Å². The number of aryl methyl sites for hydroxylation is 2. The number of aromatic nitrogens is 2. The highest BCUT2D eigenvalue weighted by molar-refractivity contribution is 5.05. The Morgan fingerprint density at radius 1 is 1.29 bits per heavy atom. The van der Waals surface area contributed by atoms with Crippen LogP contribution in [0.2, 0.25) is 0 Å². The molecule has 0 spiro atoms. The van der Waals surface area contributed by atoms with Gasteiger partial charge in [-0.2, -0.15) is 0 Å². The maximum absolute atomic E-state index is 10.2. The van der Waals surface area contributed by atoms with Crippen LogP contribution in [-0.2, 0) is 13.0 Å². The summed E-state index contributed by atoms with van der Waals surface area (Å²) < 4.78 is 7.45. The van der Waals surface area contributed by atoms with Crippen molar-refractivity contribution in [2.24, 2.45) is 5.92 Å². The molecule has 0 unspecified atom stereocenters. The fraction of sp³-hybridized carbons (Fsp3) is 0.562. The molecule has 2 aromatic rings. The van der Waals surface area contributed by atoms with Gasteiger partial charge in [0.1, 0.15) is 5.76 Å². The van der Waals surface area contributed by atoms with Gasteiger partial charge >= 0.3 is 0 Å². The topological polar surface area (TPSA) is 54.4 Å². The summed E-state index contributed by atoms with van der Waals surface area (Å²) in [6.07, 6.45) is 5.80. The van der Waals surface area contributed by atoms with Gasteiger partial charge in [0.2, 0.25) is 0 Å². The molecule has 0 amide bonds. The van der Waals surface area contributed by atoms with Gasteiger partial charge in [-0.25, -0.2) is 0 Å². The zero-order valence-electron chi connectivity index (χ0n) is 12.5. The number of aliphatic hydroxyl groups excluding tert-OH is 1. The van der Waals surface area contributed by atoms with Crippen LogP contribution in [0.5, 0.6) is 0 Å². The van der Waals surface area contributed by atoms with Crippen molar-refractivity contribution in [2.75, 3.05) is 19.6 Å². The molecule has 0 saturated carbocycles. The van der Waals surface area contributed by atoms with Crippen molar-refractivity contribution in [2.45, 2.75) is 32.4 Å².